The smallest absolute Gasteiger partial charge is 0.273 e. The third kappa shape index (κ3) is 5.26. The van der Waals surface area contributed by atoms with Gasteiger partial charge in [0.2, 0.25) is 0 Å². The molecule has 0 spiro atoms. The van der Waals surface area contributed by atoms with Crippen molar-refractivity contribution < 1.29 is 15.0 Å². The minimum atomic E-state index is -0.415. The largest absolute Gasteiger partial charge is 0.505 e. The maximum absolute atomic E-state index is 11.8. The summed E-state index contributed by atoms with van der Waals surface area (Å²) < 4.78 is 0. The molecule has 0 aromatic carbocycles. The highest BCUT2D eigenvalue weighted by Gasteiger charge is 2.17. The van der Waals surface area contributed by atoms with Crippen molar-refractivity contribution >= 4 is 5.91 Å². The third-order valence-electron chi connectivity index (χ3n) is 2.48. The highest BCUT2D eigenvalue weighted by Crippen LogP contribution is 2.22. The van der Waals surface area contributed by atoms with Crippen molar-refractivity contribution in [2.45, 2.75) is 33.6 Å². The van der Waals surface area contributed by atoms with Crippen LogP contribution in [0.25, 0.3) is 0 Å². The van der Waals surface area contributed by atoms with Gasteiger partial charge in [0.15, 0.2) is 5.69 Å². The topological polar surface area (TPSA) is 82.5 Å². The molecule has 0 saturated heterocycles. The SMILES string of the molecule is CC(C)(C)Cc1ccc(O)c(C(=O)NCCCO)n1. The molecule has 1 amide bonds. The van der Waals surface area contributed by atoms with Gasteiger partial charge in [-0.1, -0.05) is 20.8 Å². The summed E-state index contributed by atoms with van der Waals surface area (Å²) in [6.45, 7) is 6.64. The van der Waals surface area contributed by atoms with Gasteiger partial charge in [-0.3, -0.25) is 4.79 Å². The van der Waals surface area contributed by atoms with Crippen LogP contribution in [0.4, 0.5) is 0 Å². The Hall–Kier alpha value is -1.62. The summed E-state index contributed by atoms with van der Waals surface area (Å²) in [5.41, 5.74) is 0.881. The molecule has 0 unspecified atom stereocenters. The van der Waals surface area contributed by atoms with E-state index in [-0.39, 0.29) is 23.5 Å². The second kappa shape index (κ2) is 6.52. The van der Waals surface area contributed by atoms with E-state index in [2.05, 4.69) is 31.1 Å². The van der Waals surface area contributed by atoms with Gasteiger partial charge in [-0.05, 0) is 30.4 Å². The summed E-state index contributed by atoms with van der Waals surface area (Å²) in [7, 11) is 0. The number of nitrogens with one attached hydrogen (secondary N) is 1. The molecule has 0 aliphatic heterocycles. The lowest BCUT2D eigenvalue weighted by molar-refractivity contribution is 0.0942. The van der Waals surface area contributed by atoms with Gasteiger partial charge in [0, 0.05) is 18.8 Å². The zero-order valence-electron chi connectivity index (χ0n) is 11.7. The molecule has 0 radical (unpaired) electrons. The van der Waals surface area contributed by atoms with Gasteiger partial charge in [-0.2, -0.15) is 0 Å². The number of aromatic nitrogens is 1. The van der Waals surface area contributed by atoms with E-state index >= 15 is 0 Å². The molecule has 5 nitrogen and oxygen atoms in total. The van der Waals surface area contributed by atoms with Gasteiger partial charge in [0.05, 0.1) is 0 Å². The first-order valence-electron chi connectivity index (χ1n) is 6.41. The molecule has 0 aliphatic carbocycles. The summed E-state index contributed by atoms with van der Waals surface area (Å²) in [6.07, 6.45) is 1.21. The molecule has 0 fully saturated rings. The molecule has 3 N–H and O–H groups in total. The van der Waals surface area contributed by atoms with E-state index in [1.54, 1.807) is 6.07 Å². The number of pyridine rings is 1. The Bertz CT molecular complexity index is 439. The van der Waals surface area contributed by atoms with Crippen LogP contribution in [-0.4, -0.2) is 34.3 Å². The maximum Gasteiger partial charge on any atom is 0.273 e. The van der Waals surface area contributed by atoms with Crippen LogP contribution < -0.4 is 5.32 Å². The van der Waals surface area contributed by atoms with E-state index in [1.165, 1.54) is 6.07 Å². The molecular formula is C14H22N2O3. The predicted octanol–water partition coefficient (Wildman–Crippen LogP) is 1.49. The number of carbonyl (C=O) groups excluding carboxylic acids is 1. The van der Waals surface area contributed by atoms with Crippen molar-refractivity contribution in [1.82, 2.24) is 10.3 Å². The van der Waals surface area contributed by atoms with Crippen LogP contribution in [0.5, 0.6) is 5.75 Å². The average molecular weight is 266 g/mol. The fourth-order valence-corrected chi connectivity index (χ4v) is 1.67. The summed E-state index contributed by atoms with van der Waals surface area (Å²) in [6, 6.07) is 3.22. The minimum Gasteiger partial charge on any atom is -0.505 e. The Kier molecular flexibility index (Phi) is 5.30. The second-order valence-corrected chi connectivity index (χ2v) is 5.74. The van der Waals surface area contributed by atoms with Gasteiger partial charge in [-0.25, -0.2) is 4.98 Å². The normalized spacial score (nSPS) is 11.4. The van der Waals surface area contributed by atoms with Crippen molar-refractivity contribution in [3.05, 3.63) is 23.5 Å². The summed E-state index contributed by atoms with van der Waals surface area (Å²) >= 11 is 0. The van der Waals surface area contributed by atoms with Crippen LogP contribution in [0.1, 0.15) is 43.4 Å². The second-order valence-electron chi connectivity index (χ2n) is 5.74. The number of carbonyl (C=O) groups is 1. The van der Waals surface area contributed by atoms with Gasteiger partial charge in [0.1, 0.15) is 5.75 Å². The van der Waals surface area contributed by atoms with Crippen LogP contribution in [-0.2, 0) is 6.42 Å². The fourth-order valence-electron chi connectivity index (χ4n) is 1.67. The van der Waals surface area contributed by atoms with Crippen LogP contribution in [0.15, 0.2) is 12.1 Å². The lowest BCUT2D eigenvalue weighted by Gasteiger charge is -2.18. The monoisotopic (exact) mass is 266 g/mol. The average Bonchev–Trinajstić information content (AvgIpc) is 2.30. The fraction of sp³-hybridized carbons (Fsp3) is 0.571. The van der Waals surface area contributed by atoms with Crippen LogP contribution in [0, 0.1) is 5.41 Å². The van der Waals surface area contributed by atoms with Gasteiger partial charge < -0.3 is 15.5 Å². The maximum atomic E-state index is 11.8. The summed E-state index contributed by atoms with van der Waals surface area (Å²) in [5.74, 6) is -0.541. The standard InChI is InChI=1S/C14H22N2O3/c1-14(2,3)9-10-5-6-11(18)12(16-10)13(19)15-7-4-8-17/h5-6,17-18H,4,7-9H2,1-3H3,(H,15,19). The Balaban J connectivity index is 2.82. The number of hydrogen-bond donors (Lipinski definition) is 3. The van der Waals surface area contributed by atoms with Crippen LogP contribution >= 0.6 is 0 Å². The first-order valence-corrected chi connectivity index (χ1v) is 6.41. The molecule has 0 bridgehead atoms. The van der Waals surface area contributed by atoms with E-state index in [1.807, 2.05) is 0 Å². The summed E-state index contributed by atoms with van der Waals surface area (Å²) in [4.78, 5) is 16.1. The molecular weight excluding hydrogens is 244 g/mol. The number of aliphatic hydroxyl groups excluding tert-OH is 1. The minimum absolute atomic E-state index is 0.0176. The highest BCUT2D eigenvalue weighted by atomic mass is 16.3. The molecule has 1 rings (SSSR count). The first-order chi connectivity index (χ1) is 8.83. The van der Waals surface area contributed by atoms with Crippen molar-refractivity contribution in [2.24, 2.45) is 5.41 Å². The number of nitrogens with zero attached hydrogens (tertiary/aromatic N) is 1. The first kappa shape index (κ1) is 15.4. The summed E-state index contributed by atoms with van der Waals surface area (Å²) in [5, 5.41) is 21.0. The van der Waals surface area contributed by atoms with Crippen molar-refractivity contribution in [3.63, 3.8) is 0 Å². The zero-order valence-corrected chi connectivity index (χ0v) is 11.7. The number of aliphatic hydroxyl groups is 1. The van der Waals surface area contributed by atoms with E-state index in [9.17, 15) is 9.90 Å². The predicted molar refractivity (Wildman–Crippen MR) is 73.1 cm³/mol. The number of amides is 1. The molecule has 106 valence electrons. The lowest BCUT2D eigenvalue weighted by atomic mass is 9.90. The Morgan fingerprint density at radius 1 is 1.37 bits per heavy atom. The van der Waals surface area contributed by atoms with Gasteiger partial charge in [0.25, 0.3) is 5.91 Å². The molecule has 1 aromatic heterocycles. The third-order valence-corrected chi connectivity index (χ3v) is 2.48. The highest BCUT2D eigenvalue weighted by molar-refractivity contribution is 5.94. The molecule has 1 heterocycles. The number of aromatic hydroxyl groups is 1. The van der Waals surface area contributed by atoms with Crippen molar-refractivity contribution in [3.8, 4) is 5.75 Å². The zero-order chi connectivity index (χ0) is 14.5. The molecule has 0 aliphatic rings. The van der Waals surface area contributed by atoms with Crippen LogP contribution in [0.3, 0.4) is 0 Å². The quantitative estimate of drug-likeness (QED) is 0.705. The van der Waals surface area contributed by atoms with E-state index in [0.29, 0.717) is 13.0 Å². The molecule has 0 saturated carbocycles. The number of hydrogen-bond acceptors (Lipinski definition) is 4. The Labute approximate surface area is 113 Å². The Morgan fingerprint density at radius 2 is 2.05 bits per heavy atom. The molecule has 5 heteroatoms. The molecule has 19 heavy (non-hydrogen) atoms. The molecule has 0 atom stereocenters. The molecule has 1 aromatic rings. The van der Waals surface area contributed by atoms with Crippen LogP contribution in [0.2, 0.25) is 0 Å². The van der Waals surface area contributed by atoms with E-state index in [0.717, 1.165) is 12.1 Å². The van der Waals surface area contributed by atoms with Gasteiger partial charge >= 0.3 is 0 Å². The Morgan fingerprint density at radius 3 is 2.63 bits per heavy atom. The van der Waals surface area contributed by atoms with Gasteiger partial charge in [-0.15, -0.1) is 0 Å². The van der Waals surface area contributed by atoms with Crippen molar-refractivity contribution in [1.29, 1.82) is 0 Å². The van der Waals surface area contributed by atoms with Crippen molar-refractivity contribution in [2.75, 3.05) is 13.2 Å². The number of rotatable bonds is 5. The lowest BCUT2D eigenvalue weighted by Crippen LogP contribution is -2.26. The van der Waals surface area contributed by atoms with E-state index < -0.39 is 5.91 Å². The van der Waals surface area contributed by atoms with E-state index in [4.69, 9.17) is 5.11 Å².